The van der Waals surface area contributed by atoms with Crippen molar-refractivity contribution in [3.63, 3.8) is 0 Å². The second-order valence-corrected chi connectivity index (χ2v) is 6.21. The van der Waals surface area contributed by atoms with E-state index < -0.39 is 5.97 Å². The summed E-state index contributed by atoms with van der Waals surface area (Å²) in [5, 5.41) is 10.3. The van der Waals surface area contributed by atoms with Crippen molar-refractivity contribution in [2.24, 2.45) is 5.92 Å². The standard InChI is InChI=1S/C18H24N2O3/c1-3-20-12-14(16-10-15(23-2)4-5-17(16)20)11-19-8-6-13(7-9-19)18(21)22/h4-5,10,12-13H,3,6-9,11H2,1-2H3,(H,21,22). The third-order valence-corrected chi connectivity index (χ3v) is 4.84. The molecule has 1 aliphatic heterocycles. The molecule has 1 aromatic heterocycles. The molecule has 0 unspecified atom stereocenters. The minimum Gasteiger partial charge on any atom is -0.497 e. The molecule has 1 aliphatic rings. The van der Waals surface area contributed by atoms with E-state index in [1.165, 1.54) is 16.5 Å². The van der Waals surface area contributed by atoms with Crippen LogP contribution < -0.4 is 4.74 Å². The molecule has 5 nitrogen and oxygen atoms in total. The summed E-state index contributed by atoms with van der Waals surface area (Å²) >= 11 is 0. The molecule has 1 saturated heterocycles. The molecule has 1 N–H and O–H groups in total. The second kappa shape index (κ2) is 6.62. The zero-order chi connectivity index (χ0) is 16.4. The van der Waals surface area contributed by atoms with Crippen molar-refractivity contribution < 1.29 is 14.6 Å². The van der Waals surface area contributed by atoms with E-state index in [2.05, 4.69) is 34.7 Å². The van der Waals surface area contributed by atoms with Gasteiger partial charge < -0.3 is 14.4 Å². The van der Waals surface area contributed by atoms with Gasteiger partial charge in [-0.1, -0.05) is 0 Å². The Morgan fingerprint density at radius 2 is 2.09 bits per heavy atom. The Hall–Kier alpha value is -2.01. The summed E-state index contributed by atoms with van der Waals surface area (Å²) in [4.78, 5) is 13.4. The van der Waals surface area contributed by atoms with E-state index in [0.29, 0.717) is 0 Å². The van der Waals surface area contributed by atoms with Crippen LogP contribution in [0.25, 0.3) is 10.9 Å². The number of fused-ring (bicyclic) bond motifs is 1. The van der Waals surface area contributed by atoms with Gasteiger partial charge in [-0.3, -0.25) is 9.69 Å². The molecule has 2 aromatic rings. The first-order valence-electron chi connectivity index (χ1n) is 8.23. The van der Waals surface area contributed by atoms with E-state index in [1.54, 1.807) is 7.11 Å². The largest absolute Gasteiger partial charge is 0.497 e. The molecule has 0 amide bonds. The smallest absolute Gasteiger partial charge is 0.306 e. The Balaban J connectivity index is 1.81. The molecular weight excluding hydrogens is 292 g/mol. The lowest BCUT2D eigenvalue weighted by Crippen LogP contribution is -2.35. The molecule has 124 valence electrons. The molecule has 0 saturated carbocycles. The van der Waals surface area contributed by atoms with E-state index >= 15 is 0 Å². The van der Waals surface area contributed by atoms with Gasteiger partial charge in [0.2, 0.25) is 0 Å². The van der Waals surface area contributed by atoms with Gasteiger partial charge in [-0.05, 0) is 56.6 Å². The summed E-state index contributed by atoms with van der Waals surface area (Å²) < 4.78 is 7.62. The number of ether oxygens (including phenoxy) is 1. The van der Waals surface area contributed by atoms with Crippen LogP contribution in [-0.2, 0) is 17.9 Å². The summed E-state index contributed by atoms with van der Waals surface area (Å²) in [5.41, 5.74) is 2.51. The number of carboxylic acid groups (broad SMARTS) is 1. The zero-order valence-electron chi connectivity index (χ0n) is 13.8. The molecule has 0 bridgehead atoms. The molecule has 3 rings (SSSR count). The molecule has 0 spiro atoms. The SMILES string of the molecule is CCn1cc(CN2CCC(C(=O)O)CC2)c2cc(OC)ccc21. The first-order valence-corrected chi connectivity index (χ1v) is 8.23. The average Bonchev–Trinajstić information content (AvgIpc) is 2.92. The predicted molar refractivity (Wildman–Crippen MR) is 89.8 cm³/mol. The van der Waals surface area contributed by atoms with Gasteiger partial charge in [-0.2, -0.15) is 0 Å². The van der Waals surface area contributed by atoms with Crippen molar-refractivity contribution in [2.45, 2.75) is 32.9 Å². The van der Waals surface area contributed by atoms with E-state index in [9.17, 15) is 4.79 Å². The van der Waals surface area contributed by atoms with Crippen LogP contribution in [0.5, 0.6) is 5.75 Å². The van der Waals surface area contributed by atoms with Gasteiger partial charge in [0.05, 0.1) is 13.0 Å². The fourth-order valence-corrected chi connectivity index (χ4v) is 3.44. The number of carbonyl (C=O) groups is 1. The van der Waals surface area contributed by atoms with Crippen molar-refractivity contribution in [3.8, 4) is 5.75 Å². The zero-order valence-corrected chi connectivity index (χ0v) is 13.8. The molecule has 5 heteroatoms. The lowest BCUT2D eigenvalue weighted by molar-refractivity contribution is -0.143. The molecule has 1 fully saturated rings. The number of methoxy groups -OCH3 is 1. The van der Waals surface area contributed by atoms with E-state index in [4.69, 9.17) is 9.84 Å². The molecule has 0 radical (unpaired) electrons. The van der Waals surface area contributed by atoms with Crippen molar-refractivity contribution in [2.75, 3.05) is 20.2 Å². The normalized spacial score (nSPS) is 16.8. The molecule has 1 aromatic carbocycles. The highest BCUT2D eigenvalue weighted by Crippen LogP contribution is 2.28. The van der Waals surface area contributed by atoms with Crippen molar-refractivity contribution in [3.05, 3.63) is 30.0 Å². The van der Waals surface area contributed by atoms with Crippen LogP contribution in [0.3, 0.4) is 0 Å². The minimum atomic E-state index is -0.656. The van der Waals surface area contributed by atoms with Crippen molar-refractivity contribution >= 4 is 16.9 Å². The van der Waals surface area contributed by atoms with E-state index in [-0.39, 0.29) is 5.92 Å². The van der Waals surface area contributed by atoms with Gasteiger partial charge in [0.1, 0.15) is 5.75 Å². The summed E-state index contributed by atoms with van der Waals surface area (Å²) in [6, 6.07) is 6.20. The second-order valence-electron chi connectivity index (χ2n) is 6.21. The number of aromatic nitrogens is 1. The fourth-order valence-electron chi connectivity index (χ4n) is 3.44. The van der Waals surface area contributed by atoms with Gasteiger partial charge in [-0.15, -0.1) is 0 Å². The number of hydrogen-bond donors (Lipinski definition) is 1. The minimum absolute atomic E-state index is 0.177. The number of aryl methyl sites for hydroxylation is 1. The Morgan fingerprint density at radius 1 is 1.35 bits per heavy atom. The van der Waals surface area contributed by atoms with E-state index in [1.807, 2.05) is 6.07 Å². The number of piperidine rings is 1. The Labute approximate surface area is 136 Å². The van der Waals surface area contributed by atoms with Crippen LogP contribution in [0.15, 0.2) is 24.4 Å². The number of aliphatic carboxylic acids is 1. The van der Waals surface area contributed by atoms with Crippen molar-refractivity contribution in [1.29, 1.82) is 0 Å². The Bertz CT molecular complexity index is 700. The maximum absolute atomic E-state index is 11.1. The molecule has 0 aliphatic carbocycles. The van der Waals surface area contributed by atoms with Crippen molar-refractivity contribution in [1.82, 2.24) is 9.47 Å². The summed E-state index contributed by atoms with van der Waals surface area (Å²) in [5.74, 6) is 0.0393. The van der Waals surface area contributed by atoms with E-state index in [0.717, 1.165) is 44.8 Å². The van der Waals surface area contributed by atoms with Crippen LogP contribution in [0.1, 0.15) is 25.3 Å². The number of likely N-dealkylation sites (tertiary alicyclic amines) is 1. The Kier molecular flexibility index (Phi) is 4.57. The topological polar surface area (TPSA) is 54.7 Å². The maximum Gasteiger partial charge on any atom is 0.306 e. The quantitative estimate of drug-likeness (QED) is 0.921. The van der Waals surface area contributed by atoms with Crippen LogP contribution >= 0.6 is 0 Å². The van der Waals surface area contributed by atoms with Gasteiger partial charge in [-0.25, -0.2) is 0 Å². The third kappa shape index (κ3) is 3.20. The number of hydrogen-bond acceptors (Lipinski definition) is 3. The lowest BCUT2D eigenvalue weighted by Gasteiger charge is -2.29. The van der Waals surface area contributed by atoms with Gasteiger partial charge in [0, 0.05) is 30.2 Å². The van der Waals surface area contributed by atoms with Crippen LogP contribution in [0.2, 0.25) is 0 Å². The molecular formula is C18H24N2O3. The van der Waals surface area contributed by atoms with Crippen LogP contribution in [0, 0.1) is 5.92 Å². The number of carboxylic acids is 1. The van der Waals surface area contributed by atoms with Gasteiger partial charge >= 0.3 is 5.97 Å². The maximum atomic E-state index is 11.1. The summed E-state index contributed by atoms with van der Waals surface area (Å²) in [6.45, 7) is 5.64. The highest BCUT2D eigenvalue weighted by atomic mass is 16.5. The molecule has 23 heavy (non-hydrogen) atoms. The lowest BCUT2D eigenvalue weighted by atomic mass is 9.97. The number of rotatable bonds is 5. The summed E-state index contributed by atoms with van der Waals surface area (Å²) in [6.07, 6.45) is 3.70. The van der Waals surface area contributed by atoms with Gasteiger partial charge in [0.25, 0.3) is 0 Å². The first-order chi connectivity index (χ1) is 11.1. The first kappa shape index (κ1) is 15.9. The van der Waals surface area contributed by atoms with Crippen LogP contribution in [0.4, 0.5) is 0 Å². The highest BCUT2D eigenvalue weighted by molar-refractivity contribution is 5.85. The van der Waals surface area contributed by atoms with Crippen LogP contribution in [-0.4, -0.2) is 40.7 Å². The number of nitrogens with zero attached hydrogens (tertiary/aromatic N) is 2. The predicted octanol–water partition coefficient (Wildman–Crippen LogP) is 2.97. The Morgan fingerprint density at radius 3 is 2.70 bits per heavy atom. The fraction of sp³-hybridized carbons (Fsp3) is 0.500. The van der Waals surface area contributed by atoms with Gasteiger partial charge in [0.15, 0.2) is 0 Å². The number of benzene rings is 1. The summed E-state index contributed by atoms with van der Waals surface area (Å²) in [7, 11) is 1.69. The molecule has 0 atom stereocenters. The monoisotopic (exact) mass is 316 g/mol. The third-order valence-electron chi connectivity index (χ3n) is 4.84. The average molecular weight is 316 g/mol. The molecule has 2 heterocycles. The highest BCUT2D eigenvalue weighted by Gasteiger charge is 2.25.